The lowest BCUT2D eigenvalue weighted by molar-refractivity contribution is -0.384. The second-order valence-electron chi connectivity index (χ2n) is 5.97. The second kappa shape index (κ2) is 6.87. The zero-order valence-corrected chi connectivity index (χ0v) is 13.3. The van der Waals surface area contributed by atoms with Crippen molar-refractivity contribution in [2.45, 2.75) is 39.7 Å². The minimum Gasteiger partial charge on any atom is -0.324 e. The number of nitro benzene ring substituents is 1. The van der Waals surface area contributed by atoms with Crippen LogP contribution in [0.1, 0.15) is 32.3 Å². The van der Waals surface area contributed by atoms with Crippen molar-refractivity contribution in [2.24, 2.45) is 5.92 Å². The lowest BCUT2D eigenvalue weighted by atomic mass is 9.99. The molecular weight excluding hydrogens is 282 g/mol. The Labute approximate surface area is 130 Å². The van der Waals surface area contributed by atoms with E-state index >= 15 is 0 Å². The molecule has 2 rings (SSSR count). The summed E-state index contributed by atoms with van der Waals surface area (Å²) in [6.45, 7) is 7.43. The average Bonchev–Trinajstić information content (AvgIpc) is 2.81. The Kier molecular flexibility index (Phi) is 5.13. The number of rotatable bonds is 5. The van der Waals surface area contributed by atoms with E-state index in [0.29, 0.717) is 24.2 Å². The molecule has 120 valence electrons. The summed E-state index contributed by atoms with van der Waals surface area (Å²) < 4.78 is 0. The minimum atomic E-state index is -0.455. The van der Waals surface area contributed by atoms with Crippen LogP contribution < -0.4 is 5.32 Å². The maximum atomic E-state index is 12.2. The Bertz CT molecular complexity index is 574. The molecule has 1 amide bonds. The van der Waals surface area contributed by atoms with Gasteiger partial charge in [0, 0.05) is 18.2 Å². The third-order valence-corrected chi connectivity index (χ3v) is 4.62. The van der Waals surface area contributed by atoms with Gasteiger partial charge in [-0.25, -0.2) is 0 Å². The lowest BCUT2D eigenvalue weighted by Crippen LogP contribution is -2.37. The molecule has 1 saturated heterocycles. The van der Waals surface area contributed by atoms with Crippen molar-refractivity contribution in [2.75, 3.05) is 18.4 Å². The van der Waals surface area contributed by atoms with Gasteiger partial charge < -0.3 is 5.32 Å². The minimum absolute atomic E-state index is 0.0125. The van der Waals surface area contributed by atoms with Gasteiger partial charge in [0.15, 0.2) is 0 Å². The number of non-ortho nitro benzene ring substituents is 1. The van der Waals surface area contributed by atoms with Gasteiger partial charge in [0.05, 0.1) is 17.2 Å². The molecule has 1 aliphatic heterocycles. The first-order valence-electron chi connectivity index (χ1n) is 7.71. The quantitative estimate of drug-likeness (QED) is 0.670. The van der Waals surface area contributed by atoms with Crippen molar-refractivity contribution in [1.82, 2.24) is 4.90 Å². The van der Waals surface area contributed by atoms with E-state index in [9.17, 15) is 14.9 Å². The van der Waals surface area contributed by atoms with Crippen LogP contribution in [0.15, 0.2) is 18.2 Å². The molecular formula is C16H23N3O3. The lowest BCUT2D eigenvalue weighted by Gasteiger charge is -2.23. The van der Waals surface area contributed by atoms with E-state index in [1.165, 1.54) is 12.1 Å². The first-order valence-corrected chi connectivity index (χ1v) is 7.71. The molecule has 1 aromatic carbocycles. The van der Waals surface area contributed by atoms with Crippen LogP contribution in [0, 0.1) is 23.0 Å². The summed E-state index contributed by atoms with van der Waals surface area (Å²) in [4.78, 5) is 24.8. The molecule has 0 saturated carbocycles. The number of likely N-dealkylation sites (tertiary alicyclic amines) is 1. The van der Waals surface area contributed by atoms with Crippen LogP contribution >= 0.6 is 0 Å². The summed E-state index contributed by atoms with van der Waals surface area (Å²) in [5, 5.41) is 13.6. The number of hydrogen-bond acceptors (Lipinski definition) is 4. The van der Waals surface area contributed by atoms with E-state index in [0.717, 1.165) is 24.9 Å². The molecule has 6 nitrogen and oxygen atoms in total. The summed E-state index contributed by atoms with van der Waals surface area (Å²) in [6, 6.07) is 4.91. The number of carbonyl (C=O) groups excluding carboxylic acids is 1. The molecule has 6 heteroatoms. The Morgan fingerprint density at radius 1 is 1.50 bits per heavy atom. The SMILES string of the molecule is CC[C@H]1CCN(CC(=O)Nc2cc([N+](=O)[O-])ccc2C)[C@@H]1C. The van der Waals surface area contributed by atoms with E-state index in [1.54, 1.807) is 6.07 Å². The normalized spacial score (nSPS) is 21.8. The van der Waals surface area contributed by atoms with Crippen LogP contribution in [-0.4, -0.2) is 34.9 Å². The van der Waals surface area contributed by atoms with E-state index in [2.05, 4.69) is 24.1 Å². The molecule has 0 aromatic heterocycles. The van der Waals surface area contributed by atoms with Gasteiger partial charge in [0.1, 0.15) is 0 Å². The van der Waals surface area contributed by atoms with Gasteiger partial charge in [0.2, 0.25) is 5.91 Å². The first kappa shape index (κ1) is 16.4. The number of aryl methyl sites for hydroxylation is 1. The average molecular weight is 305 g/mol. The van der Waals surface area contributed by atoms with Crippen molar-refractivity contribution in [3.8, 4) is 0 Å². The van der Waals surface area contributed by atoms with Crippen LogP contribution in [0.5, 0.6) is 0 Å². The number of nitrogens with zero attached hydrogens (tertiary/aromatic N) is 2. The molecule has 0 unspecified atom stereocenters. The number of nitro groups is 1. The van der Waals surface area contributed by atoms with E-state index in [1.807, 2.05) is 6.92 Å². The standard InChI is InChI=1S/C16H23N3O3/c1-4-13-7-8-18(12(13)3)10-16(20)17-15-9-14(19(21)22)6-5-11(15)2/h5-6,9,12-13H,4,7-8,10H2,1-3H3,(H,17,20)/t12-,13+/m1/s1. The third-order valence-electron chi connectivity index (χ3n) is 4.62. The number of nitrogens with one attached hydrogen (secondary N) is 1. The smallest absolute Gasteiger partial charge is 0.271 e. The Morgan fingerprint density at radius 2 is 2.23 bits per heavy atom. The predicted molar refractivity (Wildman–Crippen MR) is 85.9 cm³/mol. The molecule has 1 aromatic rings. The van der Waals surface area contributed by atoms with Crippen molar-refractivity contribution < 1.29 is 9.72 Å². The Morgan fingerprint density at radius 3 is 2.82 bits per heavy atom. The molecule has 1 fully saturated rings. The molecule has 1 heterocycles. The summed E-state index contributed by atoms with van der Waals surface area (Å²) in [7, 11) is 0. The fourth-order valence-corrected chi connectivity index (χ4v) is 3.08. The fourth-order valence-electron chi connectivity index (χ4n) is 3.08. The van der Waals surface area contributed by atoms with Gasteiger partial charge in [-0.05, 0) is 38.3 Å². The van der Waals surface area contributed by atoms with E-state index in [4.69, 9.17) is 0 Å². The highest BCUT2D eigenvalue weighted by Crippen LogP contribution is 2.26. The first-order chi connectivity index (χ1) is 10.4. The van der Waals surface area contributed by atoms with Crippen LogP contribution in [-0.2, 0) is 4.79 Å². The summed E-state index contributed by atoms with van der Waals surface area (Å²) in [5.74, 6) is 0.527. The van der Waals surface area contributed by atoms with Crippen LogP contribution in [0.25, 0.3) is 0 Å². The molecule has 2 atom stereocenters. The summed E-state index contributed by atoms with van der Waals surface area (Å²) in [5.41, 5.74) is 1.32. The second-order valence-corrected chi connectivity index (χ2v) is 5.97. The van der Waals surface area contributed by atoms with Gasteiger partial charge in [0.25, 0.3) is 5.69 Å². The van der Waals surface area contributed by atoms with Crippen LogP contribution in [0.3, 0.4) is 0 Å². The van der Waals surface area contributed by atoms with Gasteiger partial charge >= 0.3 is 0 Å². The van der Waals surface area contributed by atoms with Gasteiger partial charge in [-0.3, -0.25) is 19.8 Å². The molecule has 0 aliphatic carbocycles. The zero-order chi connectivity index (χ0) is 16.3. The molecule has 1 N–H and O–H groups in total. The highest BCUT2D eigenvalue weighted by Gasteiger charge is 2.30. The monoisotopic (exact) mass is 305 g/mol. The Hall–Kier alpha value is -1.95. The Balaban J connectivity index is 2.01. The van der Waals surface area contributed by atoms with Crippen LogP contribution in [0.2, 0.25) is 0 Å². The van der Waals surface area contributed by atoms with Gasteiger partial charge in [-0.1, -0.05) is 19.4 Å². The van der Waals surface area contributed by atoms with Crippen molar-refractivity contribution >= 4 is 17.3 Å². The molecule has 0 radical (unpaired) electrons. The zero-order valence-electron chi connectivity index (χ0n) is 13.3. The number of benzene rings is 1. The van der Waals surface area contributed by atoms with E-state index < -0.39 is 4.92 Å². The molecule has 22 heavy (non-hydrogen) atoms. The molecule has 0 bridgehead atoms. The van der Waals surface area contributed by atoms with Crippen molar-refractivity contribution in [3.63, 3.8) is 0 Å². The topological polar surface area (TPSA) is 75.5 Å². The van der Waals surface area contributed by atoms with Gasteiger partial charge in [-0.15, -0.1) is 0 Å². The highest BCUT2D eigenvalue weighted by molar-refractivity contribution is 5.93. The van der Waals surface area contributed by atoms with Crippen molar-refractivity contribution in [3.05, 3.63) is 33.9 Å². The number of anilines is 1. The fraction of sp³-hybridized carbons (Fsp3) is 0.562. The highest BCUT2D eigenvalue weighted by atomic mass is 16.6. The predicted octanol–water partition coefficient (Wildman–Crippen LogP) is 2.96. The summed E-state index contributed by atoms with van der Waals surface area (Å²) in [6.07, 6.45) is 2.25. The van der Waals surface area contributed by atoms with Crippen molar-refractivity contribution in [1.29, 1.82) is 0 Å². The maximum absolute atomic E-state index is 12.2. The molecule has 0 spiro atoms. The third kappa shape index (κ3) is 3.62. The van der Waals surface area contributed by atoms with Crippen LogP contribution in [0.4, 0.5) is 11.4 Å². The number of carbonyl (C=O) groups is 1. The molecule has 1 aliphatic rings. The summed E-state index contributed by atoms with van der Waals surface area (Å²) >= 11 is 0. The van der Waals surface area contributed by atoms with Gasteiger partial charge in [-0.2, -0.15) is 0 Å². The number of amides is 1. The number of hydrogen-bond donors (Lipinski definition) is 1. The maximum Gasteiger partial charge on any atom is 0.271 e. The van der Waals surface area contributed by atoms with E-state index in [-0.39, 0.29) is 11.6 Å². The largest absolute Gasteiger partial charge is 0.324 e.